The summed E-state index contributed by atoms with van der Waals surface area (Å²) in [5.74, 6) is 0.00177. The minimum Gasteiger partial charge on any atom is -0.394 e. The van der Waals surface area contributed by atoms with Crippen molar-refractivity contribution in [3.63, 3.8) is 0 Å². The van der Waals surface area contributed by atoms with E-state index in [1.54, 1.807) is 0 Å². The van der Waals surface area contributed by atoms with E-state index in [9.17, 15) is 9.90 Å². The fourth-order valence-electron chi connectivity index (χ4n) is 2.54. The van der Waals surface area contributed by atoms with Crippen molar-refractivity contribution in [1.29, 1.82) is 0 Å². The fourth-order valence-corrected chi connectivity index (χ4v) is 2.54. The number of aliphatic hydroxyl groups is 1. The smallest absolute Gasteiger partial charge is 0.220 e. The van der Waals surface area contributed by atoms with Crippen molar-refractivity contribution in [2.75, 3.05) is 6.61 Å². The lowest BCUT2D eigenvalue weighted by molar-refractivity contribution is -0.124. The molecule has 1 amide bonds. The van der Waals surface area contributed by atoms with E-state index in [4.69, 9.17) is 4.74 Å². The van der Waals surface area contributed by atoms with Crippen LogP contribution in [0.1, 0.15) is 57.9 Å². The van der Waals surface area contributed by atoms with Crippen molar-refractivity contribution in [3.8, 4) is 0 Å². The lowest BCUT2D eigenvalue weighted by atomic mass is 10.1. The zero-order valence-electron chi connectivity index (χ0n) is 14.5. The van der Waals surface area contributed by atoms with Crippen LogP contribution in [-0.4, -0.2) is 29.8 Å². The molecule has 0 aliphatic heterocycles. The molecule has 0 aliphatic rings. The number of ether oxygens (including phenoxy) is 1. The molecule has 4 nitrogen and oxygen atoms in total. The van der Waals surface area contributed by atoms with E-state index < -0.39 is 0 Å². The molecule has 0 heterocycles. The van der Waals surface area contributed by atoms with Crippen LogP contribution >= 0.6 is 0 Å². The zero-order chi connectivity index (χ0) is 16.9. The number of hydrogen-bond acceptors (Lipinski definition) is 3. The van der Waals surface area contributed by atoms with Crippen molar-refractivity contribution < 1.29 is 14.6 Å². The molecule has 23 heavy (non-hydrogen) atoms. The SMILES string of the molecule is CCCCCC[13C](=O)N[C@@H](CO)[C@H](CC)OCc1ccccc1. The van der Waals surface area contributed by atoms with Crippen LogP contribution in [0.4, 0.5) is 0 Å². The van der Waals surface area contributed by atoms with Crippen LogP contribution < -0.4 is 5.32 Å². The summed E-state index contributed by atoms with van der Waals surface area (Å²) in [4.78, 5) is 12.0. The molecule has 4 heteroatoms. The number of unbranched alkanes of at least 4 members (excludes halogenated alkanes) is 3. The molecule has 1 aromatic rings. The summed E-state index contributed by atoms with van der Waals surface area (Å²) in [6, 6.07) is 9.58. The molecule has 2 atom stereocenters. The first-order valence-electron chi connectivity index (χ1n) is 8.77. The van der Waals surface area contributed by atoms with Crippen molar-refractivity contribution in [2.45, 2.75) is 71.1 Å². The minimum absolute atomic E-state index is 0.00177. The molecular weight excluding hydrogens is 291 g/mol. The van der Waals surface area contributed by atoms with Gasteiger partial charge >= 0.3 is 0 Å². The monoisotopic (exact) mass is 322 g/mol. The Kier molecular flexibility index (Phi) is 10.3. The summed E-state index contributed by atoms with van der Waals surface area (Å²) in [6.07, 6.45) is 5.38. The maximum absolute atomic E-state index is 12.0. The molecule has 0 saturated carbocycles. The predicted octanol–water partition coefficient (Wildman–Crippen LogP) is 3.43. The van der Waals surface area contributed by atoms with E-state index in [1.165, 1.54) is 0 Å². The van der Waals surface area contributed by atoms with Gasteiger partial charge in [-0.1, -0.05) is 63.4 Å². The molecule has 0 spiro atoms. The summed E-state index contributed by atoms with van der Waals surface area (Å²) in [5, 5.41) is 12.5. The zero-order valence-corrected chi connectivity index (χ0v) is 14.5. The first kappa shape index (κ1) is 19.7. The van der Waals surface area contributed by atoms with Crippen LogP contribution in [0, 0.1) is 0 Å². The number of amides is 1. The molecule has 0 fully saturated rings. The van der Waals surface area contributed by atoms with E-state index in [1.807, 2.05) is 37.3 Å². The van der Waals surface area contributed by atoms with Gasteiger partial charge in [0.2, 0.25) is 5.91 Å². The third-order valence-electron chi connectivity index (χ3n) is 3.96. The van der Waals surface area contributed by atoms with Crippen molar-refractivity contribution in [1.82, 2.24) is 5.32 Å². The molecule has 0 aliphatic carbocycles. The topological polar surface area (TPSA) is 58.6 Å². The molecule has 1 rings (SSSR count). The van der Waals surface area contributed by atoms with Crippen LogP contribution in [0.5, 0.6) is 0 Å². The normalized spacial score (nSPS) is 13.5. The Hall–Kier alpha value is -1.39. The van der Waals surface area contributed by atoms with E-state index in [0.717, 1.165) is 37.7 Å². The Morgan fingerprint density at radius 2 is 1.91 bits per heavy atom. The van der Waals surface area contributed by atoms with Crippen molar-refractivity contribution in [2.24, 2.45) is 0 Å². The number of benzene rings is 1. The van der Waals surface area contributed by atoms with Crippen LogP contribution in [0.2, 0.25) is 0 Å². The average molecular weight is 322 g/mol. The standard InChI is InChI=1S/C19H31NO3/c1-3-5-6-10-13-19(22)20-17(14-21)18(4-2)23-15-16-11-8-7-9-12-16/h7-9,11-12,17-18,21H,3-6,10,13-15H2,1-2H3,(H,20,22)/t17-,18-/m0/s1/i19+1. The highest BCUT2D eigenvalue weighted by molar-refractivity contribution is 5.76. The second-order valence-electron chi connectivity index (χ2n) is 5.91. The van der Waals surface area contributed by atoms with E-state index >= 15 is 0 Å². The lowest BCUT2D eigenvalue weighted by Gasteiger charge is -2.26. The number of aliphatic hydroxyl groups excluding tert-OH is 1. The van der Waals surface area contributed by atoms with Crippen LogP contribution in [0.25, 0.3) is 0 Å². The molecule has 130 valence electrons. The van der Waals surface area contributed by atoms with Gasteiger partial charge < -0.3 is 15.2 Å². The summed E-state index contributed by atoms with van der Waals surface area (Å²) in [7, 11) is 0. The fraction of sp³-hybridized carbons (Fsp3) is 0.632. The Labute approximate surface area is 140 Å². The maximum atomic E-state index is 12.0. The summed E-state index contributed by atoms with van der Waals surface area (Å²) in [6.45, 7) is 4.54. The predicted molar refractivity (Wildman–Crippen MR) is 93.1 cm³/mol. The Morgan fingerprint density at radius 1 is 1.17 bits per heavy atom. The first-order valence-corrected chi connectivity index (χ1v) is 8.77. The quantitative estimate of drug-likeness (QED) is 0.458. The van der Waals surface area contributed by atoms with Gasteiger partial charge in [-0.2, -0.15) is 0 Å². The number of carbonyl (C=O) groups is 1. The largest absolute Gasteiger partial charge is 0.394 e. The molecule has 2 N–H and O–H groups in total. The number of rotatable bonds is 12. The molecule has 0 bridgehead atoms. The highest BCUT2D eigenvalue weighted by atomic mass is 16.5. The summed E-state index contributed by atoms with van der Waals surface area (Å²) >= 11 is 0. The molecule has 0 unspecified atom stereocenters. The van der Waals surface area contributed by atoms with Gasteiger partial charge in [-0.3, -0.25) is 4.79 Å². The van der Waals surface area contributed by atoms with E-state index in [0.29, 0.717) is 13.0 Å². The highest BCUT2D eigenvalue weighted by Crippen LogP contribution is 2.10. The van der Waals surface area contributed by atoms with Gasteiger partial charge in [-0.05, 0) is 18.4 Å². The third-order valence-corrected chi connectivity index (χ3v) is 3.96. The summed E-state index contributed by atoms with van der Waals surface area (Å²) < 4.78 is 5.90. The average Bonchev–Trinajstić information content (AvgIpc) is 2.59. The second-order valence-corrected chi connectivity index (χ2v) is 5.91. The van der Waals surface area contributed by atoms with Gasteiger partial charge in [-0.25, -0.2) is 0 Å². The number of nitrogens with one attached hydrogen (secondary N) is 1. The molecule has 1 aromatic carbocycles. The van der Waals surface area contributed by atoms with Crippen molar-refractivity contribution >= 4 is 5.91 Å². The third kappa shape index (κ3) is 8.14. The summed E-state index contributed by atoms with van der Waals surface area (Å²) in [5.41, 5.74) is 1.09. The first-order chi connectivity index (χ1) is 11.2. The van der Waals surface area contributed by atoms with Crippen LogP contribution in [-0.2, 0) is 16.1 Å². The molecular formula is C19H31NO3. The van der Waals surface area contributed by atoms with Gasteiger partial charge in [0.15, 0.2) is 0 Å². The van der Waals surface area contributed by atoms with Crippen LogP contribution in [0.15, 0.2) is 30.3 Å². The Morgan fingerprint density at radius 3 is 2.52 bits per heavy atom. The molecule has 0 radical (unpaired) electrons. The number of carbonyl (C=O) groups excluding carboxylic acids is 1. The highest BCUT2D eigenvalue weighted by Gasteiger charge is 2.21. The van der Waals surface area contributed by atoms with E-state index in [2.05, 4.69) is 12.2 Å². The number of hydrogen-bond donors (Lipinski definition) is 2. The van der Waals surface area contributed by atoms with Gasteiger partial charge in [0.1, 0.15) is 0 Å². The van der Waals surface area contributed by atoms with Gasteiger partial charge in [-0.15, -0.1) is 0 Å². The minimum atomic E-state index is -0.345. The second kappa shape index (κ2) is 12.1. The van der Waals surface area contributed by atoms with Gasteiger partial charge in [0.25, 0.3) is 0 Å². The van der Waals surface area contributed by atoms with Crippen LogP contribution in [0.3, 0.4) is 0 Å². The maximum Gasteiger partial charge on any atom is 0.220 e. The Bertz CT molecular complexity index is 422. The van der Waals surface area contributed by atoms with Crippen molar-refractivity contribution in [3.05, 3.63) is 35.9 Å². The van der Waals surface area contributed by atoms with Gasteiger partial charge in [0, 0.05) is 6.42 Å². The Balaban J connectivity index is 2.41. The van der Waals surface area contributed by atoms with E-state index in [-0.39, 0.29) is 24.7 Å². The molecule has 0 aromatic heterocycles. The molecule has 0 saturated heterocycles. The lowest BCUT2D eigenvalue weighted by Crippen LogP contribution is -2.46. The van der Waals surface area contributed by atoms with Gasteiger partial charge in [0.05, 0.1) is 25.4 Å².